The van der Waals surface area contributed by atoms with Gasteiger partial charge in [-0.3, -0.25) is 0 Å². The number of fused-ring (bicyclic) bond motifs is 1. The fourth-order valence-corrected chi connectivity index (χ4v) is 2.29. The van der Waals surface area contributed by atoms with Crippen molar-refractivity contribution in [3.8, 4) is 5.75 Å². The lowest BCUT2D eigenvalue weighted by Gasteiger charge is -2.10. The number of hydrogen-bond donors (Lipinski definition) is 1. The molecular weight excluding hydrogens is 252 g/mol. The van der Waals surface area contributed by atoms with Gasteiger partial charge in [0, 0.05) is 10.9 Å². The maximum absolute atomic E-state index is 10.5. The summed E-state index contributed by atoms with van der Waals surface area (Å²) in [4.78, 5) is 0. The zero-order valence-electron chi connectivity index (χ0n) is 11.5. The van der Waals surface area contributed by atoms with E-state index in [0.717, 1.165) is 27.8 Å². The minimum atomic E-state index is -0.705. The molecule has 0 saturated carbocycles. The highest BCUT2D eigenvalue weighted by molar-refractivity contribution is 5.83. The van der Waals surface area contributed by atoms with E-state index in [2.05, 4.69) is 0 Å². The first-order valence-electron chi connectivity index (χ1n) is 6.49. The summed E-state index contributed by atoms with van der Waals surface area (Å²) in [6, 6.07) is 13.4. The molecule has 1 aromatic heterocycles. The Labute approximate surface area is 117 Å². The van der Waals surface area contributed by atoms with Crippen LogP contribution >= 0.6 is 0 Å². The van der Waals surface area contributed by atoms with Crippen molar-refractivity contribution in [1.82, 2.24) is 0 Å². The Hall–Kier alpha value is -2.26. The smallest absolute Gasteiger partial charge is 0.134 e. The fraction of sp³-hybridized carbons (Fsp3) is 0.176. The van der Waals surface area contributed by atoms with Crippen LogP contribution in [-0.2, 0) is 0 Å². The van der Waals surface area contributed by atoms with Gasteiger partial charge in [-0.05, 0) is 30.7 Å². The molecule has 0 aliphatic rings. The first kappa shape index (κ1) is 12.8. The van der Waals surface area contributed by atoms with E-state index in [1.165, 1.54) is 5.56 Å². The van der Waals surface area contributed by atoms with E-state index in [1.54, 1.807) is 13.4 Å². The minimum absolute atomic E-state index is 0.705. The summed E-state index contributed by atoms with van der Waals surface area (Å²) < 4.78 is 10.7. The number of aliphatic hydroxyl groups excluding tert-OH is 1. The van der Waals surface area contributed by atoms with E-state index in [4.69, 9.17) is 9.15 Å². The van der Waals surface area contributed by atoms with Crippen LogP contribution in [0.2, 0.25) is 0 Å². The largest absolute Gasteiger partial charge is 0.497 e. The van der Waals surface area contributed by atoms with Crippen LogP contribution in [0.1, 0.15) is 22.8 Å². The van der Waals surface area contributed by atoms with Crippen LogP contribution in [0.3, 0.4) is 0 Å². The van der Waals surface area contributed by atoms with Gasteiger partial charge in [0.25, 0.3) is 0 Å². The summed E-state index contributed by atoms with van der Waals surface area (Å²) in [5, 5.41) is 11.4. The molecule has 20 heavy (non-hydrogen) atoms. The van der Waals surface area contributed by atoms with Gasteiger partial charge >= 0.3 is 0 Å². The standard InChI is InChI=1S/C17H16O3/c1-11-3-5-12(6-4-11)17(18)15-10-20-16-8-7-13(19-2)9-14(15)16/h3-10,17-18H,1-2H3. The van der Waals surface area contributed by atoms with Gasteiger partial charge < -0.3 is 14.3 Å². The zero-order chi connectivity index (χ0) is 14.1. The predicted octanol–water partition coefficient (Wildman–Crippen LogP) is 3.83. The normalized spacial score (nSPS) is 12.6. The average Bonchev–Trinajstić information content (AvgIpc) is 2.90. The number of methoxy groups -OCH3 is 1. The van der Waals surface area contributed by atoms with E-state index < -0.39 is 6.10 Å². The summed E-state index contributed by atoms with van der Waals surface area (Å²) in [5.74, 6) is 0.747. The summed E-state index contributed by atoms with van der Waals surface area (Å²) in [6.45, 7) is 2.02. The highest BCUT2D eigenvalue weighted by Crippen LogP contribution is 2.32. The third-order valence-corrected chi connectivity index (χ3v) is 3.50. The molecule has 0 aliphatic heterocycles. The quantitative estimate of drug-likeness (QED) is 0.785. The summed E-state index contributed by atoms with van der Waals surface area (Å²) in [6.07, 6.45) is 0.901. The highest BCUT2D eigenvalue weighted by atomic mass is 16.5. The van der Waals surface area contributed by atoms with E-state index in [9.17, 15) is 5.11 Å². The number of benzene rings is 2. The van der Waals surface area contributed by atoms with Crippen LogP contribution in [0.5, 0.6) is 5.75 Å². The number of ether oxygens (including phenoxy) is 1. The molecule has 3 aromatic rings. The van der Waals surface area contributed by atoms with E-state index in [0.29, 0.717) is 0 Å². The maximum atomic E-state index is 10.5. The van der Waals surface area contributed by atoms with Crippen LogP contribution in [0, 0.1) is 6.92 Å². The van der Waals surface area contributed by atoms with Gasteiger partial charge in [-0.2, -0.15) is 0 Å². The Morgan fingerprint density at radius 2 is 1.85 bits per heavy atom. The molecule has 0 spiro atoms. The second-order valence-electron chi connectivity index (χ2n) is 4.87. The molecule has 3 nitrogen and oxygen atoms in total. The van der Waals surface area contributed by atoms with Gasteiger partial charge in [0.15, 0.2) is 0 Å². The summed E-state index contributed by atoms with van der Waals surface area (Å²) >= 11 is 0. The van der Waals surface area contributed by atoms with Gasteiger partial charge in [0.1, 0.15) is 17.4 Å². The SMILES string of the molecule is COc1ccc2occ(C(O)c3ccc(C)cc3)c2c1. The molecule has 0 aliphatic carbocycles. The average molecular weight is 268 g/mol. The number of aryl methyl sites for hydroxylation is 1. The van der Waals surface area contributed by atoms with Crippen molar-refractivity contribution in [2.24, 2.45) is 0 Å². The molecule has 1 atom stereocenters. The Morgan fingerprint density at radius 3 is 2.55 bits per heavy atom. The van der Waals surface area contributed by atoms with Gasteiger partial charge in [-0.1, -0.05) is 29.8 Å². The molecular formula is C17H16O3. The van der Waals surface area contributed by atoms with Crippen molar-refractivity contribution in [2.75, 3.05) is 7.11 Å². The van der Waals surface area contributed by atoms with Crippen molar-refractivity contribution in [2.45, 2.75) is 13.0 Å². The third kappa shape index (κ3) is 2.17. The Bertz CT molecular complexity index is 726. The van der Waals surface area contributed by atoms with E-state index >= 15 is 0 Å². The first-order valence-corrected chi connectivity index (χ1v) is 6.49. The van der Waals surface area contributed by atoms with Gasteiger partial charge in [-0.15, -0.1) is 0 Å². The third-order valence-electron chi connectivity index (χ3n) is 3.50. The second kappa shape index (κ2) is 5.02. The lowest BCUT2D eigenvalue weighted by atomic mass is 10.00. The summed E-state index contributed by atoms with van der Waals surface area (Å²) in [7, 11) is 1.62. The molecule has 0 saturated heterocycles. The molecule has 102 valence electrons. The van der Waals surface area contributed by atoms with Crippen LogP contribution in [0.4, 0.5) is 0 Å². The summed E-state index contributed by atoms with van der Waals surface area (Å²) in [5.41, 5.74) is 3.51. The highest BCUT2D eigenvalue weighted by Gasteiger charge is 2.17. The fourth-order valence-electron chi connectivity index (χ4n) is 2.29. The van der Waals surface area contributed by atoms with Gasteiger partial charge in [0.05, 0.1) is 13.4 Å². The Kier molecular flexibility index (Phi) is 3.20. The van der Waals surface area contributed by atoms with Crippen molar-refractivity contribution in [3.05, 3.63) is 65.4 Å². The topological polar surface area (TPSA) is 42.6 Å². The molecule has 2 aromatic carbocycles. The first-order chi connectivity index (χ1) is 9.69. The monoisotopic (exact) mass is 268 g/mol. The van der Waals surface area contributed by atoms with Crippen LogP contribution in [-0.4, -0.2) is 12.2 Å². The Morgan fingerprint density at radius 1 is 1.10 bits per heavy atom. The van der Waals surface area contributed by atoms with Crippen LogP contribution < -0.4 is 4.74 Å². The predicted molar refractivity (Wildman–Crippen MR) is 78.0 cm³/mol. The molecule has 3 rings (SSSR count). The molecule has 0 amide bonds. The zero-order valence-corrected chi connectivity index (χ0v) is 11.5. The Balaban J connectivity index is 2.06. The minimum Gasteiger partial charge on any atom is -0.497 e. The second-order valence-corrected chi connectivity index (χ2v) is 4.87. The molecule has 0 bridgehead atoms. The van der Waals surface area contributed by atoms with Gasteiger partial charge in [0.2, 0.25) is 0 Å². The molecule has 0 fully saturated rings. The molecule has 1 heterocycles. The number of aliphatic hydroxyl groups is 1. The van der Waals surface area contributed by atoms with Crippen molar-refractivity contribution in [1.29, 1.82) is 0 Å². The molecule has 1 unspecified atom stereocenters. The van der Waals surface area contributed by atoms with E-state index in [1.807, 2.05) is 49.4 Å². The maximum Gasteiger partial charge on any atom is 0.134 e. The van der Waals surface area contributed by atoms with E-state index in [-0.39, 0.29) is 0 Å². The van der Waals surface area contributed by atoms with Crippen molar-refractivity contribution >= 4 is 11.0 Å². The molecule has 3 heteroatoms. The number of hydrogen-bond acceptors (Lipinski definition) is 3. The number of rotatable bonds is 3. The lowest BCUT2D eigenvalue weighted by Crippen LogP contribution is -1.98. The van der Waals surface area contributed by atoms with Gasteiger partial charge in [-0.25, -0.2) is 0 Å². The van der Waals surface area contributed by atoms with Crippen molar-refractivity contribution in [3.63, 3.8) is 0 Å². The van der Waals surface area contributed by atoms with Crippen LogP contribution in [0.15, 0.2) is 53.1 Å². The van der Waals surface area contributed by atoms with Crippen LogP contribution in [0.25, 0.3) is 11.0 Å². The lowest BCUT2D eigenvalue weighted by molar-refractivity contribution is 0.220. The molecule has 1 N–H and O–H groups in total. The van der Waals surface area contributed by atoms with Crippen molar-refractivity contribution < 1.29 is 14.3 Å². The number of furan rings is 1. The molecule has 0 radical (unpaired) electrons.